The standard InChI is InChI=1S/C11H9BrN2O2/c12-7-2-1-3-8(6-7)14-11(15)9-4-5-10(13)16-9/h1-6H,13H2,(H,14,15). The van der Waals surface area contributed by atoms with Crippen LogP contribution in [0.3, 0.4) is 0 Å². The molecule has 2 rings (SSSR count). The molecule has 1 aromatic carbocycles. The van der Waals surface area contributed by atoms with Crippen molar-refractivity contribution in [2.24, 2.45) is 0 Å². The van der Waals surface area contributed by atoms with Crippen LogP contribution >= 0.6 is 15.9 Å². The van der Waals surface area contributed by atoms with Gasteiger partial charge < -0.3 is 15.5 Å². The summed E-state index contributed by atoms with van der Waals surface area (Å²) in [5.41, 5.74) is 6.07. The van der Waals surface area contributed by atoms with Crippen LogP contribution < -0.4 is 11.1 Å². The third kappa shape index (κ3) is 2.43. The van der Waals surface area contributed by atoms with E-state index in [1.54, 1.807) is 12.1 Å². The lowest BCUT2D eigenvalue weighted by Crippen LogP contribution is -2.10. The smallest absolute Gasteiger partial charge is 0.291 e. The minimum atomic E-state index is -0.324. The molecule has 0 saturated heterocycles. The minimum Gasteiger partial charge on any atom is -0.436 e. The number of halogens is 1. The molecular formula is C11H9BrN2O2. The van der Waals surface area contributed by atoms with Crippen LogP contribution in [-0.2, 0) is 0 Å². The zero-order chi connectivity index (χ0) is 11.5. The number of hydrogen-bond donors (Lipinski definition) is 2. The maximum absolute atomic E-state index is 11.7. The monoisotopic (exact) mass is 280 g/mol. The van der Waals surface area contributed by atoms with Crippen LogP contribution in [0.25, 0.3) is 0 Å². The van der Waals surface area contributed by atoms with Crippen LogP contribution in [-0.4, -0.2) is 5.91 Å². The Bertz CT molecular complexity index is 522. The number of hydrogen-bond acceptors (Lipinski definition) is 3. The number of nitrogen functional groups attached to an aromatic ring is 1. The molecule has 0 aliphatic carbocycles. The largest absolute Gasteiger partial charge is 0.436 e. The average molecular weight is 281 g/mol. The van der Waals surface area contributed by atoms with Crippen molar-refractivity contribution in [3.8, 4) is 0 Å². The van der Waals surface area contributed by atoms with E-state index in [-0.39, 0.29) is 17.6 Å². The number of benzene rings is 1. The summed E-state index contributed by atoms with van der Waals surface area (Å²) < 4.78 is 5.89. The maximum Gasteiger partial charge on any atom is 0.291 e. The molecule has 0 fully saturated rings. The first kappa shape index (κ1) is 10.8. The van der Waals surface area contributed by atoms with Crippen molar-refractivity contribution in [1.29, 1.82) is 0 Å². The van der Waals surface area contributed by atoms with E-state index < -0.39 is 0 Å². The van der Waals surface area contributed by atoms with Gasteiger partial charge >= 0.3 is 0 Å². The number of carbonyl (C=O) groups is 1. The van der Waals surface area contributed by atoms with Crippen LogP contribution in [0.2, 0.25) is 0 Å². The normalized spacial score (nSPS) is 10.1. The van der Waals surface area contributed by atoms with Crippen molar-refractivity contribution in [3.63, 3.8) is 0 Å². The van der Waals surface area contributed by atoms with Crippen LogP contribution in [0.5, 0.6) is 0 Å². The molecule has 16 heavy (non-hydrogen) atoms. The van der Waals surface area contributed by atoms with Crippen LogP contribution in [0.1, 0.15) is 10.6 Å². The quantitative estimate of drug-likeness (QED) is 0.889. The Hall–Kier alpha value is -1.75. The third-order valence-electron chi connectivity index (χ3n) is 1.93. The summed E-state index contributed by atoms with van der Waals surface area (Å²) in [6, 6.07) is 10.4. The molecule has 0 saturated carbocycles. The van der Waals surface area contributed by atoms with Crippen molar-refractivity contribution in [2.45, 2.75) is 0 Å². The summed E-state index contributed by atoms with van der Waals surface area (Å²) in [5, 5.41) is 2.69. The van der Waals surface area contributed by atoms with E-state index >= 15 is 0 Å². The average Bonchev–Trinajstić information content (AvgIpc) is 2.65. The van der Waals surface area contributed by atoms with E-state index in [1.165, 1.54) is 12.1 Å². The zero-order valence-electron chi connectivity index (χ0n) is 8.24. The maximum atomic E-state index is 11.7. The lowest BCUT2D eigenvalue weighted by molar-refractivity contribution is 0.0997. The summed E-state index contributed by atoms with van der Waals surface area (Å²) >= 11 is 3.32. The summed E-state index contributed by atoms with van der Waals surface area (Å²) in [6.45, 7) is 0. The number of carbonyl (C=O) groups excluding carboxylic acids is 1. The first-order valence-electron chi connectivity index (χ1n) is 4.57. The van der Waals surface area contributed by atoms with Gasteiger partial charge in [-0.05, 0) is 24.3 Å². The SMILES string of the molecule is Nc1ccc(C(=O)Nc2cccc(Br)c2)o1. The van der Waals surface area contributed by atoms with Gasteiger partial charge in [0.15, 0.2) is 11.6 Å². The van der Waals surface area contributed by atoms with Gasteiger partial charge in [0.05, 0.1) is 0 Å². The highest BCUT2D eigenvalue weighted by atomic mass is 79.9. The number of rotatable bonds is 2. The predicted molar refractivity (Wildman–Crippen MR) is 65.2 cm³/mol. The van der Waals surface area contributed by atoms with Crippen molar-refractivity contribution < 1.29 is 9.21 Å². The molecule has 0 spiro atoms. The second-order valence-electron chi connectivity index (χ2n) is 3.17. The summed E-state index contributed by atoms with van der Waals surface area (Å²) in [6.07, 6.45) is 0. The molecule has 5 heteroatoms. The van der Waals surface area contributed by atoms with Gasteiger partial charge in [-0.15, -0.1) is 0 Å². The molecule has 2 aromatic rings. The van der Waals surface area contributed by atoms with Gasteiger partial charge in [0.2, 0.25) is 0 Å². The van der Waals surface area contributed by atoms with Gasteiger partial charge in [0.25, 0.3) is 5.91 Å². The van der Waals surface area contributed by atoms with Gasteiger partial charge in [-0.2, -0.15) is 0 Å². The molecular weight excluding hydrogens is 272 g/mol. The third-order valence-corrected chi connectivity index (χ3v) is 2.43. The van der Waals surface area contributed by atoms with Gasteiger partial charge in [-0.3, -0.25) is 4.79 Å². The minimum absolute atomic E-state index is 0.192. The fourth-order valence-electron chi connectivity index (χ4n) is 1.23. The molecule has 0 aliphatic rings. The summed E-state index contributed by atoms with van der Waals surface area (Å²) in [7, 11) is 0. The number of nitrogens with one attached hydrogen (secondary N) is 1. The van der Waals surface area contributed by atoms with Crippen LogP contribution in [0.15, 0.2) is 45.3 Å². The molecule has 1 amide bonds. The molecule has 82 valence electrons. The highest BCUT2D eigenvalue weighted by Crippen LogP contribution is 2.17. The Morgan fingerprint density at radius 3 is 2.75 bits per heavy atom. The molecule has 1 heterocycles. The molecule has 0 radical (unpaired) electrons. The Balaban J connectivity index is 2.13. The fourth-order valence-corrected chi connectivity index (χ4v) is 1.63. The second kappa shape index (κ2) is 4.40. The summed E-state index contributed by atoms with van der Waals surface area (Å²) in [5.74, 6) is 0.0895. The summed E-state index contributed by atoms with van der Waals surface area (Å²) in [4.78, 5) is 11.7. The Morgan fingerprint density at radius 1 is 1.31 bits per heavy atom. The van der Waals surface area contributed by atoms with Crippen LogP contribution in [0.4, 0.5) is 11.6 Å². The number of amides is 1. The van der Waals surface area contributed by atoms with Gasteiger partial charge in [-0.25, -0.2) is 0 Å². The van der Waals surface area contributed by atoms with E-state index in [0.717, 1.165) is 4.47 Å². The van der Waals surface area contributed by atoms with Gasteiger partial charge in [0, 0.05) is 16.2 Å². The number of nitrogens with two attached hydrogens (primary N) is 1. The van der Waals surface area contributed by atoms with Crippen molar-refractivity contribution in [1.82, 2.24) is 0 Å². The lowest BCUT2D eigenvalue weighted by Gasteiger charge is -2.02. The molecule has 0 bridgehead atoms. The predicted octanol–water partition coefficient (Wildman–Crippen LogP) is 2.88. The van der Waals surface area contributed by atoms with Crippen molar-refractivity contribution in [3.05, 3.63) is 46.6 Å². The van der Waals surface area contributed by atoms with E-state index in [0.29, 0.717) is 5.69 Å². The Labute approximate surface area is 101 Å². The Morgan fingerprint density at radius 2 is 2.12 bits per heavy atom. The van der Waals surface area contributed by atoms with Gasteiger partial charge in [0.1, 0.15) is 0 Å². The molecule has 0 unspecified atom stereocenters. The molecule has 1 aromatic heterocycles. The number of anilines is 2. The zero-order valence-corrected chi connectivity index (χ0v) is 9.82. The number of furan rings is 1. The first-order chi connectivity index (χ1) is 7.65. The Kier molecular flexibility index (Phi) is 2.96. The van der Waals surface area contributed by atoms with Crippen LogP contribution in [0, 0.1) is 0 Å². The van der Waals surface area contributed by atoms with E-state index in [4.69, 9.17) is 10.2 Å². The van der Waals surface area contributed by atoms with E-state index in [1.807, 2.05) is 12.1 Å². The fraction of sp³-hybridized carbons (Fsp3) is 0. The first-order valence-corrected chi connectivity index (χ1v) is 5.37. The van der Waals surface area contributed by atoms with Crippen molar-refractivity contribution >= 4 is 33.4 Å². The molecule has 3 N–H and O–H groups in total. The van der Waals surface area contributed by atoms with Gasteiger partial charge in [-0.1, -0.05) is 22.0 Å². The second-order valence-corrected chi connectivity index (χ2v) is 4.08. The molecule has 4 nitrogen and oxygen atoms in total. The highest BCUT2D eigenvalue weighted by Gasteiger charge is 2.10. The topological polar surface area (TPSA) is 68.3 Å². The van der Waals surface area contributed by atoms with Crippen molar-refractivity contribution in [2.75, 3.05) is 11.1 Å². The molecule has 0 aliphatic heterocycles. The van der Waals surface area contributed by atoms with E-state index in [2.05, 4.69) is 21.2 Å². The van der Waals surface area contributed by atoms with E-state index in [9.17, 15) is 4.79 Å². The highest BCUT2D eigenvalue weighted by molar-refractivity contribution is 9.10. The lowest BCUT2D eigenvalue weighted by atomic mass is 10.3. The molecule has 0 atom stereocenters.